The highest BCUT2D eigenvalue weighted by Crippen LogP contribution is 2.49. The second-order valence-corrected chi connectivity index (χ2v) is 9.16. The van der Waals surface area contributed by atoms with Gasteiger partial charge in [0.05, 0.1) is 0 Å². The van der Waals surface area contributed by atoms with Gasteiger partial charge in [-0.15, -0.1) is 0 Å². The molecule has 0 bridgehead atoms. The molecule has 34 heavy (non-hydrogen) atoms. The topological polar surface area (TPSA) is 60.0 Å². The fourth-order valence-electron chi connectivity index (χ4n) is 4.36. The summed E-state index contributed by atoms with van der Waals surface area (Å²) in [5, 5.41) is 13.3. The molecule has 1 fully saturated rings. The summed E-state index contributed by atoms with van der Waals surface area (Å²) in [5.74, 6) is 3.19. The first kappa shape index (κ1) is 22.4. The normalized spacial score (nSPS) is 15.4. The van der Waals surface area contributed by atoms with E-state index in [1.165, 1.54) is 11.1 Å². The monoisotopic (exact) mass is 457 g/mol. The molecule has 1 aliphatic carbocycles. The summed E-state index contributed by atoms with van der Waals surface area (Å²) >= 11 is 0. The predicted molar refractivity (Wildman–Crippen MR) is 134 cm³/mol. The van der Waals surface area contributed by atoms with Crippen LogP contribution in [0.2, 0.25) is 0 Å². The summed E-state index contributed by atoms with van der Waals surface area (Å²) in [7, 11) is 0. The van der Waals surface area contributed by atoms with E-state index in [1.807, 2.05) is 30.3 Å². The fourth-order valence-corrected chi connectivity index (χ4v) is 4.36. The largest absolute Gasteiger partial charge is 0.508 e. The lowest BCUT2D eigenvalue weighted by molar-refractivity contribution is 0.174. The molecule has 5 rings (SSSR count). The van der Waals surface area contributed by atoms with Crippen LogP contribution in [0, 0.1) is 5.92 Å². The van der Waals surface area contributed by atoms with Crippen LogP contribution in [0.5, 0.6) is 23.0 Å². The highest BCUT2D eigenvalue weighted by atomic mass is 16.7. The lowest BCUT2D eigenvalue weighted by Crippen LogP contribution is -2.27. The minimum atomic E-state index is 0.262. The van der Waals surface area contributed by atoms with Gasteiger partial charge in [-0.1, -0.05) is 44.2 Å². The maximum Gasteiger partial charge on any atom is 0.231 e. The van der Waals surface area contributed by atoms with Gasteiger partial charge in [-0.05, 0) is 83.0 Å². The number of nitrogens with one attached hydrogen (secondary N) is 1. The number of hydrogen-bond donors (Lipinski definition) is 2. The Morgan fingerprint density at radius 2 is 1.56 bits per heavy atom. The van der Waals surface area contributed by atoms with Gasteiger partial charge >= 0.3 is 0 Å². The molecular weight excluding hydrogens is 426 g/mol. The summed E-state index contributed by atoms with van der Waals surface area (Å²) in [6.45, 7) is 5.96. The van der Waals surface area contributed by atoms with Gasteiger partial charge < -0.3 is 24.6 Å². The van der Waals surface area contributed by atoms with Crippen LogP contribution in [-0.2, 0) is 0 Å². The molecule has 0 saturated heterocycles. The van der Waals surface area contributed by atoms with Crippen molar-refractivity contribution in [2.24, 2.45) is 5.92 Å². The molecule has 0 spiro atoms. The molecule has 5 heteroatoms. The van der Waals surface area contributed by atoms with Crippen molar-refractivity contribution in [3.63, 3.8) is 0 Å². The Bertz CT molecular complexity index is 1160. The van der Waals surface area contributed by atoms with Crippen molar-refractivity contribution < 1.29 is 19.3 Å². The summed E-state index contributed by atoms with van der Waals surface area (Å²) in [4.78, 5) is 0. The molecule has 176 valence electrons. The predicted octanol–water partition coefficient (Wildman–Crippen LogP) is 5.87. The molecule has 1 saturated carbocycles. The molecular formula is C29H31NO4. The molecule has 0 radical (unpaired) electrons. The highest BCUT2D eigenvalue weighted by Gasteiger charge is 2.31. The van der Waals surface area contributed by atoms with E-state index < -0.39 is 0 Å². The SMILES string of the molecule is CC(C)NCCOc1ccc(C(=C(c2ccc3c(c2)OCO3)C2CC2)c2ccc(O)cc2)cc1. The van der Waals surface area contributed by atoms with E-state index in [4.69, 9.17) is 14.2 Å². The van der Waals surface area contributed by atoms with Crippen molar-refractivity contribution >= 4 is 11.1 Å². The van der Waals surface area contributed by atoms with Crippen LogP contribution in [0.1, 0.15) is 43.4 Å². The van der Waals surface area contributed by atoms with Gasteiger partial charge in [0.25, 0.3) is 0 Å². The number of phenolic OH excluding ortho intramolecular Hbond substituents is 1. The van der Waals surface area contributed by atoms with Crippen molar-refractivity contribution in [2.45, 2.75) is 32.7 Å². The van der Waals surface area contributed by atoms with Crippen molar-refractivity contribution in [3.8, 4) is 23.0 Å². The summed E-state index contributed by atoms with van der Waals surface area (Å²) in [6, 6.07) is 22.5. The number of rotatable bonds is 9. The zero-order valence-corrected chi connectivity index (χ0v) is 19.7. The number of phenols is 1. The Morgan fingerprint density at radius 1 is 0.912 bits per heavy atom. The zero-order chi connectivity index (χ0) is 23.5. The number of ether oxygens (including phenoxy) is 3. The van der Waals surface area contributed by atoms with Crippen LogP contribution >= 0.6 is 0 Å². The second kappa shape index (κ2) is 9.82. The first-order valence-electron chi connectivity index (χ1n) is 12.0. The summed E-state index contributed by atoms with van der Waals surface area (Å²) in [6.07, 6.45) is 2.32. The van der Waals surface area contributed by atoms with E-state index in [9.17, 15) is 5.11 Å². The molecule has 0 amide bonds. The van der Waals surface area contributed by atoms with Gasteiger partial charge in [0.15, 0.2) is 11.5 Å². The van der Waals surface area contributed by atoms with Crippen molar-refractivity contribution in [3.05, 3.63) is 83.4 Å². The minimum absolute atomic E-state index is 0.262. The van der Waals surface area contributed by atoms with Crippen LogP contribution < -0.4 is 19.5 Å². The number of allylic oxidation sites excluding steroid dienone is 1. The van der Waals surface area contributed by atoms with Crippen LogP contribution in [0.25, 0.3) is 11.1 Å². The molecule has 1 aliphatic heterocycles. The molecule has 2 N–H and O–H groups in total. The van der Waals surface area contributed by atoms with Crippen LogP contribution in [0.3, 0.4) is 0 Å². The summed E-state index contributed by atoms with van der Waals surface area (Å²) in [5.41, 5.74) is 5.83. The number of hydrogen-bond acceptors (Lipinski definition) is 5. The van der Waals surface area contributed by atoms with E-state index in [1.54, 1.807) is 12.1 Å². The van der Waals surface area contributed by atoms with Crippen LogP contribution in [0.15, 0.2) is 66.7 Å². The van der Waals surface area contributed by atoms with Crippen molar-refractivity contribution in [2.75, 3.05) is 19.9 Å². The van der Waals surface area contributed by atoms with Crippen LogP contribution in [0.4, 0.5) is 0 Å². The highest BCUT2D eigenvalue weighted by molar-refractivity contribution is 6.00. The Morgan fingerprint density at radius 3 is 2.24 bits per heavy atom. The molecule has 0 aromatic heterocycles. The maximum atomic E-state index is 9.90. The average Bonchev–Trinajstić information content (AvgIpc) is 3.57. The lowest BCUT2D eigenvalue weighted by atomic mass is 9.87. The molecule has 0 unspecified atom stereocenters. The number of benzene rings is 3. The lowest BCUT2D eigenvalue weighted by Gasteiger charge is -2.18. The van der Waals surface area contributed by atoms with Gasteiger partial charge in [0, 0.05) is 12.6 Å². The first-order valence-corrected chi connectivity index (χ1v) is 12.0. The summed E-state index contributed by atoms with van der Waals surface area (Å²) < 4.78 is 17.1. The smallest absolute Gasteiger partial charge is 0.231 e. The quantitative estimate of drug-likeness (QED) is 0.311. The van der Waals surface area contributed by atoms with E-state index in [0.29, 0.717) is 18.6 Å². The standard InChI is InChI=1S/C29H31NO4/c1-19(2)30-15-16-32-25-12-7-22(8-13-25)28(21-5-10-24(31)11-6-21)29(20-3-4-20)23-9-14-26-27(17-23)34-18-33-26/h5-14,17,19-20,30-31H,3-4,15-16,18H2,1-2H3. The minimum Gasteiger partial charge on any atom is -0.508 e. The Hall–Kier alpha value is -3.44. The van der Waals surface area contributed by atoms with Crippen molar-refractivity contribution in [1.29, 1.82) is 0 Å². The number of aromatic hydroxyl groups is 1. The Balaban J connectivity index is 1.53. The van der Waals surface area contributed by atoms with E-state index in [0.717, 1.165) is 53.3 Å². The fraction of sp³-hybridized carbons (Fsp3) is 0.310. The third kappa shape index (κ3) is 5.05. The van der Waals surface area contributed by atoms with Gasteiger partial charge in [-0.2, -0.15) is 0 Å². The van der Waals surface area contributed by atoms with Gasteiger partial charge in [-0.25, -0.2) is 0 Å². The molecule has 3 aromatic rings. The van der Waals surface area contributed by atoms with Gasteiger partial charge in [0.2, 0.25) is 6.79 Å². The number of fused-ring (bicyclic) bond motifs is 1. The molecule has 2 aliphatic rings. The first-order chi connectivity index (χ1) is 16.6. The average molecular weight is 458 g/mol. The third-order valence-corrected chi connectivity index (χ3v) is 6.16. The van der Waals surface area contributed by atoms with Gasteiger partial charge in [-0.3, -0.25) is 0 Å². The molecule has 3 aromatic carbocycles. The second-order valence-electron chi connectivity index (χ2n) is 9.16. The van der Waals surface area contributed by atoms with Crippen LogP contribution in [-0.4, -0.2) is 31.1 Å². The van der Waals surface area contributed by atoms with Gasteiger partial charge in [0.1, 0.15) is 18.1 Å². The maximum absolute atomic E-state index is 9.90. The van der Waals surface area contributed by atoms with Crippen molar-refractivity contribution in [1.82, 2.24) is 5.32 Å². The zero-order valence-electron chi connectivity index (χ0n) is 19.7. The Kier molecular flexibility index (Phi) is 6.45. The third-order valence-electron chi connectivity index (χ3n) is 6.16. The van der Waals surface area contributed by atoms with E-state index in [2.05, 4.69) is 43.4 Å². The molecule has 0 atom stereocenters. The van der Waals surface area contributed by atoms with E-state index >= 15 is 0 Å². The molecule has 1 heterocycles. The van der Waals surface area contributed by atoms with E-state index in [-0.39, 0.29) is 12.5 Å². The Labute approximate surface area is 201 Å². The molecule has 5 nitrogen and oxygen atoms in total.